The number of aliphatic imine (C=N–C) groups is 2. The van der Waals surface area contributed by atoms with Crippen LogP contribution in [0, 0.1) is 5.82 Å². The summed E-state index contributed by atoms with van der Waals surface area (Å²) in [4.78, 5) is 49.1. The number of nitrogens with zero attached hydrogens (tertiary/aromatic N) is 3. The Morgan fingerprint density at radius 1 is 0.872 bits per heavy atom. The molecule has 198 valence electrons. The van der Waals surface area contributed by atoms with E-state index in [9.17, 15) is 18.8 Å². The number of hydrogen-bond donors (Lipinski definition) is 2. The molecular formula is C29H26FN5O3S. The second kappa shape index (κ2) is 12.0. The number of hydrogen-bond acceptors (Lipinski definition) is 6. The molecule has 10 heteroatoms. The van der Waals surface area contributed by atoms with Crippen molar-refractivity contribution in [1.29, 1.82) is 0 Å². The number of para-hydroxylation sites is 1. The molecule has 8 nitrogen and oxygen atoms in total. The molecule has 3 aromatic rings. The molecular weight excluding hydrogens is 517 g/mol. The van der Waals surface area contributed by atoms with Crippen molar-refractivity contribution in [3.05, 3.63) is 101 Å². The highest BCUT2D eigenvalue weighted by Crippen LogP contribution is 2.34. The lowest BCUT2D eigenvalue weighted by molar-refractivity contribution is -0.125. The van der Waals surface area contributed by atoms with E-state index < -0.39 is 6.04 Å². The second-order valence-electron chi connectivity index (χ2n) is 9.05. The first-order valence-corrected chi connectivity index (χ1v) is 13.5. The number of thioether (sulfide) groups is 1. The molecule has 2 aliphatic heterocycles. The Kier molecular flexibility index (Phi) is 8.12. The lowest BCUT2D eigenvalue weighted by Crippen LogP contribution is -2.41. The Balaban J connectivity index is 1.21. The Morgan fingerprint density at radius 3 is 2.31 bits per heavy atom. The minimum atomic E-state index is -0.736. The zero-order valence-electron chi connectivity index (χ0n) is 21.0. The number of carbonyl (C=O) groups excluding carboxylic acids is 3. The van der Waals surface area contributed by atoms with Crippen LogP contribution >= 0.6 is 11.8 Å². The van der Waals surface area contributed by atoms with E-state index in [1.807, 2.05) is 54.6 Å². The summed E-state index contributed by atoms with van der Waals surface area (Å²) in [5, 5.41) is 6.06. The molecule has 5 rings (SSSR count). The van der Waals surface area contributed by atoms with Gasteiger partial charge in [-0.05, 0) is 41.8 Å². The third-order valence-electron chi connectivity index (χ3n) is 6.26. The highest BCUT2D eigenvalue weighted by atomic mass is 32.2. The van der Waals surface area contributed by atoms with Crippen LogP contribution in [0.4, 0.5) is 10.1 Å². The van der Waals surface area contributed by atoms with Crippen molar-refractivity contribution in [2.45, 2.75) is 32.0 Å². The van der Waals surface area contributed by atoms with E-state index in [1.54, 1.807) is 12.1 Å². The maximum atomic E-state index is 13.4. The molecule has 3 aromatic carbocycles. The van der Waals surface area contributed by atoms with Crippen LogP contribution in [0.1, 0.15) is 29.5 Å². The van der Waals surface area contributed by atoms with Crippen molar-refractivity contribution in [2.75, 3.05) is 5.75 Å². The molecule has 0 radical (unpaired) electrons. The van der Waals surface area contributed by atoms with Crippen molar-refractivity contribution >= 4 is 46.2 Å². The van der Waals surface area contributed by atoms with Crippen molar-refractivity contribution in [3.8, 4) is 0 Å². The van der Waals surface area contributed by atoms with Gasteiger partial charge in [0.2, 0.25) is 11.8 Å². The highest BCUT2D eigenvalue weighted by molar-refractivity contribution is 8.14. The predicted molar refractivity (Wildman–Crippen MR) is 149 cm³/mol. The number of benzene rings is 3. The molecule has 0 saturated carbocycles. The molecule has 0 aromatic heterocycles. The molecule has 39 heavy (non-hydrogen) atoms. The third kappa shape index (κ3) is 6.40. The molecule has 0 saturated heterocycles. The average molecular weight is 544 g/mol. The molecule has 3 amide bonds. The van der Waals surface area contributed by atoms with Gasteiger partial charge in [-0.3, -0.25) is 19.4 Å². The predicted octanol–water partition coefficient (Wildman–Crippen LogP) is 3.93. The molecule has 0 bridgehead atoms. The monoisotopic (exact) mass is 543 g/mol. The van der Waals surface area contributed by atoms with Gasteiger partial charge in [0, 0.05) is 25.1 Å². The maximum absolute atomic E-state index is 13.4. The van der Waals surface area contributed by atoms with Gasteiger partial charge in [0.25, 0.3) is 5.91 Å². The summed E-state index contributed by atoms with van der Waals surface area (Å²) in [5.74, 6) is -0.450. The molecule has 0 unspecified atom stereocenters. The van der Waals surface area contributed by atoms with E-state index >= 15 is 0 Å². The van der Waals surface area contributed by atoms with Crippen LogP contribution in [-0.4, -0.2) is 45.4 Å². The first-order chi connectivity index (χ1) is 19.0. The van der Waals surface area contributed by atoms with Gasteiger partial charge in [0.05, 0.1) is 11.4 Å². The minimum absolute atomic E-state index is 0.0847. The summed E-state index contributed by atoms with van der Waals surface area (Å²) >= 11 is 1.17. The second-order valence-corrected chi connectivity index (χ2v) is 9.99. The molecule has 1 atom stereocenters. The van der Waals surface area contributed by atoms with Crippen LogP contribution in [0.5, 0.6) is 0 Å². The number of carbonyl (C=O) groups is 3. The van der Waals surface area contributed by atoms with Crippen LogP contribution in [0.3, 0.4) is 0 Å². The summed E-state index contributed by atoms with van der Waals surface area (Å²) < 4.78 is 13.1. The van der Waals surface area contributed by atoms with Crippen molar-refractivity contribution in [3.63, 3.8) is 0 Å². The number of amides is 3. The molecule has 0 spiro atoms. The van der Waals surface area contributed by atoms with Crippen LogP contribution < -0.4 is 10.6 Å². The van der Waals surface area contributed by atoms with Gasteiger partial charge in [0.1, 0.15) is 17.7 Å². The smallest absolute Gasteiger partial charge is 0.259 e. The Labute approximate surface area is 229 Å². The Bertz CT molecular complexity index is 1440. The van der Waals surface area contributed by atoms with E-state index in [0.29, 0.717) is 23.2 Å². The standard InChI is InChI=1S/C29H26FN5O3S/c30-21-12-10-20(11-13-21)17-31-25(36)15-14-24-28(38)35-27(33-24)22-8-4-5-9-23(22)34-29(35)39-18-26(37)32-16-19-6-2-1-3-7-19/h1-13,24H,14-18H2,(H,31,36)(H,32,37)/t24-/m0/s1. The van der Waals surface area contributed by atoms with Gasteiger partial charge < -0.3 is 10.6 Å². The van der Waals surface area contributed by atoms with Gasteiger partial charge >= 0.3 is 0 Å². The van der Waals surface area contributed by atoms with Crippen molar-refractivity contribution < 1.29 is 18.8 Å². The molecule has 0 aliphatic carbocycles. The van der Waals surface area contributed by atoms with Crippen LogP contribution in [0.15, 0.2) is 88.8 Å². The number of nitrogens with one attached hydrogen (secondary N) is 2. The number of rotatable bonds is 9. The summed E-state index contributed by atoms with van der Waals surface area (Å²) in [6.45, 7) is 0.682. The number of amidine groups is 2. The summed E-state index contributed by atoms with van der Waals surface area (Å²) in [6, 6.07) is 22.2. The Morgan fingerprint density at radius 2 is 1.54 bits per heavy atom. The number of halogens is 1. The molecule has 2 heterocycles. The topological polar surface area (TPSA) is 103 Å². The van der Waals surface area contributed by atoms with Crippen LogP contribution in [0.25, 0.3) is 0 Å². The van der Waals surface area contributed by atoms with E-state index in [4.69, 9.17) is 0 Å². The van der Waals surface area contributed by atoms with Gasteiger partial charge in [-0.25, -0.2) is 14.3 Å². The molecule has 2 aliphatic rings. The quantitative estimate of drug-likeness (QED) is 0.427. The summed E-state index contributed by atoms with van der Waals surface area (Å²) in [7, 11) is 0. The fourth-order valence-electron chi connectivity index (χ4n) is 4.22. The lowest BCUT2D eigenvalue weighted by atomic mass is 10.1. The van der Waals surface area contributed by atoms with Crippen LogP contribution in [0.2, 0.25) is 0 Å². The largest absolute Gasteiger partial charge is 0.352 e. The van der Waals surface area contributed by atoms with Gasteiger partial charge in [-0.2, -0.15) is 0 Å². The Hall–Kier alpha value is -4.31. The zero-order chi connectivity index (χ0) is 27.2. The lowest BCUT2D eigenvalue weighted by Gasteiger charge is -2.25. The minimum Gasteiger partial charge on any atom is -0.352 e. The summed E-state index contributed by atoms with van der Waals surface area (Å²) in [5.41, 5.74) is 3.17. The fraction of sp³-hybridized carbons (Fsp3) is 0.207. The maximum Gasteiger partial charge on any atom is 0.259 e. The van der Waals surface area contributed by atoms with E-state index in [1.165, 1.54) is 28.8 Å². The van der Waals surface area contributed by atoms with Crippen LogP contribution in [-0.2, 0) is 27.5 Å². The highest BCUT2D eigenvalue weighted by Gasteiger charge is 2.41. The van der Waals surface area contributed by atoms with E-state index in [2.05, 4.69) is 20.6 Å². The SMILES string of the molecule is O=C(CC[C@@H]1N=C2c3ccccc3N=C(SCC(=O)NCc3ccccc3)N2C1=O)NCc1ccc(F)cc1. The zero-order valence-corrected chi connectivity index (χ0v) is 21.8. The van der Waals surface area contributed by atoms with Gasteiger partial charge in [-0.15, -0.1) is 0 Å². The van der Waals surface area contributed by atoms with Gasteiger partial charge in [-0.1, -0.05) is 66.4 Å². The first-order valence-electron chi connectivity index (χ1n) is 12.5. The summed E-state index contributed by atoms with van der Waals surface area (Å²) in [6.07, 6.45) is 0.330. The van der Waals surface area contributed by atoms with Crippen molar-refractivity contribution in [2.24, 2.45) is 9.98 Å². The molecule has 2 N–H and O–H groups in total. The van der Waals surface area contributed by atoms with E-state index in [-0.39, 0.29) is 48.7 Å². The first kappa shape index (κ1) is 26.3. The van der Waals surface area contributed by atoms with E-state index in [0.717, 1.165) is 16.7 Å². The molecule has 0 fully saturated rings. The normalized spacial score (nSPS) is 15.7. The van der Waals surface area contributed by atoms with Gasteiger partial charge in [0.15, 0.2) is 5.17 Å². The van der Waals surface area contributed by atoms with Crippen molar-refractivity contribution in [1.82, 2.24) is 15.5 Å². The number of fused-ring (bicyclic) bond motifs is 3. The third-order valence-corrected chi connectivity index (χ3v) is 7.20. The average Bonchev–Trinajstić information content (AvgIpc) is 3.30. The fourth-order valence-corrected chi connectivity index (χ4v) is 5.05.